The SMILES string of the molecule is CN1C(=O)C(NC(=S)Nc2ccccc2)N=C(c2ccccc2)c2ccccc21. The van der Waals surface area contributed by atoms with E-state index in [9.17, 15) is 4.79 Å². The van der Waals surface area contributed by atoms with Crippen molar-refractivity contribution in [2.75, 3.05) is 17.3 Å². The van der Waals surface area contributed by atoms with E-state index >= 15 is 0 Å². The molecule has 1 aliphatic heterocycles. The Morgan fingerprint density at radius 1 is 0.931 bits per heavy atom. The molecule has 0 fully saturated rings. The minimum absolute atomic E-state index is 0.180. The first kappa shape index (κ1) is 18.8. The number of hydrogen-bond acceptors (Lipinski definition) is 3. The van der Waals surface area contributed by atoms with Gasteiger partial charge in [0.05, 0.1) is 11.4 Å². The molecule has 0 aliphatic carbocycles. The van der Waals surface area contributed by atoms with E-state index in [1.165, 1.54) is 0 Å². The molecule has 29 heavy (non-hydrogen) atoms. The molecule has 3 aromatic rings. The molecule has 5 nitrogen and oxygen atoms in total. The highest BCUT2D eigenvalue weighted by Crippen LogP contribution is 2.27. The van der Waals surface area contributed by atoms with Crippen LogP contribution in [0.3, 0.4) is 0 Å². The summed E-state index contributed by atoms with van der Waals surface area (Å²) in [7, 11) is 1.76. The lowest BCUT2D eigenvalue weighted by Gasteiger charge is -2.21. The minimum atomic E-state index is -0.841. The highest BCUT2D eigenvalue weighted by atomic mass is 32.1. The summed E-state index contributed by atoms with van der Waals surface area (Å²) in [6.45, 7) is 0. The lowest BCUT2D eigenvalue weighted by Crippen LogP contribution is -2.47. The van der Waals surface area contributed by atoms with Gasteiger partial charge in [0.2, 0.25) is 6.17 Å². The number of benzodiazepines with no additional fused rings is 1. The van der Waals surface area contributed by atoms with Gasteiger partial charge in [0, 0.05) is 23.9 Å². The highest BCUT2D eigenvalue weighted by Gasteiger charge is 2.30. The fourth-order valence-corrected chi connectivity index (χ4v) is 3.48. The van der Waals surface area contributed by atoms with Gasteiger partial charge in [-0.25, -0.2) is 4.99 Å². The third-order valence-electron chi connectivity index (χ3n) is 4.69. The summed E-state index contributed by atoms with van der Waals surface area (Å²) in [4.78, 5) is 19.6. The van der Waals surface area contributed by atoms with E-state index in [-0.39, 0.29) is 5.91 Å². The Bertz CT molecular complexity index is 1070. The van der Waals surface area contributed by atoms with Crippen molar-refractivity contribution >= 4 is 40.3 Å². The molecule has 0 saturated heterocycles. The number of amides is 1. The zero-order chi connectivity index (χ0) is 20.2. The van der Waals surface area contributed by atoms with Crippen LogP contribution in [-0.2, 0) is 4.79 Å². The Morgan fingerprint density at radius 3 is 2.28 bits per heavy atom. The predicted molar refractivity (Wildman–Crippen MR) is 122 cm³/mol. The summed E-state index contributed by atoms with van der Waals surface area (Å²) in [5.74, 6) is -0.180. The Morgan fingerprint density at radius 2 is 1.55 bits per heavy atom. The van der Waals surface area contributed by atoms with E-state index < -0.39 is 6.17 Å². The first-order valence-corrected chi connectivity index (χ1v) is 9.67. The van der Waals surface area contributed by atoms with Gasteiger partial charge in [-0.05, 0) is 30.4 Å². The molecular weight excluding hydrogens is 380 g/mol. The van der Waals surface area contributed by atoms with Crippen LogP contribution < -0.4 is 15.5 Å². The molecule has 1 atom stereocenters. The second-order valence-electron chi connectivity index (χ2n) is 6.63. The molecule has 1 heterocycles. The Hall–Kier alpha value is -3.51. The summed E-state index contributed by atoms with van der Waals surface area (Å²) >= 11 is 5.43. The van der Waals surface area contributed by atoms with Crippen molar-refractivity contribution in [1.82, 2.24) is 5.32 Å². The Labute approximate surface area is 175 Å². The first-order chi connectivity index (χ1) is 14.1. The predicted octanol–water partition coefficient (Wildman–Crippen LogP) is 3.81. The summed E-state index contributed by atoms with van der Waals surface area (Å²) < 4.78 is 0. The molecule has 1 aliphatic rings. The molecule has 1 unspecified atom stereocenters. The Balaban J connectivity index is 1.70. The molecule has 4 rings (SSSR count). The molecule has 0 aromatic heterocycles. The van der Waals surface area contributed by atoms with Crippen molar-refractivity contribution in [1.29, 1.82) is 0 Å². The molecule has 3 aromatic carbocycles. The summed E-state index contributed by atoms with van der Waals surface area (Å²) in [5.41, 5.74) is 4.25. The van der Waals surface area contributed by atoms with E-state index in [0.29, 0.717) is 5.11 Å². The number of thiocarbonyl (C=S) groups is 1. The van der Waals surface area contributed by atoms with E-state index in [1.807, 2.05) is 84.9 Å². The van der Waals surface area contributed by atoms with Crippen LogP contribution >= 0.6 is 12.2 Å². The van der Waals surface area contributed by atoms with Gasteiger partial charge >= 0.3 is 0 Å². The van der Waals surface area contributed by atoms with E-state index in [0.717, 1.165) is 28.2 Å². The van der Waals surface area contributed by atoms with Crippen LogP contribution in [0.4, 0.5) is 11.4 Å². The lowest BCUT2D eigenvalue weighted by molar-refractivity contribution is -0.119. The van der Waals surface area contributed by atoms with Gasteiger partial charge in [0.15, 0.2) is 5.11 Å². The molecule has 0 saturated carbocycles. The quantitative estimate of drug-likeness (QED) is 0.657. The third-order valence-corrected chi connectivity index (χ3v) is 4.91. The van der Waals surface area contributed by atoms with Crippen LogP contribution in [0.5, 0.6) is 0 Å². The standard InChI is InChI=1S/C23H20N4OS/c1-27-19-15-9-8-14-18(19)20(16-10-4-2-5-11-16)25-21(22(27)28)26-23(29)24-17-12-6-3-7-13-17/h2-15,21H,1H3,(H2,24,26,29). The minimum Gasteiger partial charge on any atom is -0.333 e. The van der Waals surface area contributed by atoms with Crippen molar-refractivity contribution in [3.63, 3.8) is 0 Å². The van der Waals surface area contributed by atoms with Crippen molar-refractivity contribution in [3.8, 4) is 0 Å². The van der Waals surface area contributed by atoms with Crippen LogP contribution in [0.15, 0.2) is 89.9 Å². The van der Waals surface area contributed by atoms with Gasteiger partial charge in [-0.2, -0.15) is 0 Å². The van der Waals surface area contributed by atoms with Crippen LogP contribution in [0, 0.1) is 0 Å². The number of likely N-dealkylation sites (N-methyl/N-ethyl adjacent to an activating group) is 1. The highest BCUT2D eigenvalue weighted by molar-refractivity contribution is 7.80. The average Bonchev–Trinajstić information content (AvgIpc) is 2.86. The maximum absolute atomic E-state index is 13.1. The van der Waals surface area contributed by atoms with Crippen LogP contribution in [-0.4, -0.2) is 29.9 Å². The first-order valence-electron chi connectivity index (χ1n) is 9.26. The largest absolute Gasteiger partial charge is 0.333 e. The third kappa shape index (κ3) is 4.02. The fraction of sp³-hybridized carbons (Fsp3) is 0.0870. The molecular formula is C23H20N4OS. The second-order valence-corrected chi connectivity index (χ2v) is 7.03. The number of nitrogens with one attached hydrogen (secondary N) is 2. The van der Waals surface area contributed by atoms with E-state index in [1.54, 1.807) is 11.9 Å². The summed E-state index contributed by atoms with van der Waals surface area (Å²) in [6, 6.07) is 27.2. The number of rotatable bonds is 3. The number of para-hydroxylation sites is 2. The number of benzene rings is 3. The normalized spacial score (nSPS) is 15.8. The van der Waals surface area contributed by atoms with Gasteiger partial charge in [-0.1, -0.05) is 66.7 Å². The van der Waals surface area contributed by atoms with E-state index in [2.05, 4.69) is 10.6 Å². The maximum atomic E-state index is 13.1. The molecule has 2 N–H and O–H groups in total. The molecule has 144 valence electrons. The average molecular weight is 401 g/mol. The molecule has 6 heteroatoms. The number of nitrogens with zero attached hydrogens (tertiary/aromatic N) is 2. The summed E-state index contributed by atoms with van der Waals surface area (Å²) in [5, 5.41) is 6.50. The van der Waals surface area contributed by atoms with E-state index in [4.69, 9.17) is 17.2 Å². The van der Waals surface area contributed by atoms with Crippen molar-refractivity contribution in [2.45, 2.75) is 6.17 Å². The number of hydrogen-bond donors (Lipinski definition) is 2. The van der Waals surface area contributed by atoms with Crippen molar-refractivity contribution < 1.29 is 4.79 Å². The topological polar surface area (TPSA) is 56.7 Å². The monoisotopic (exact) mass is 400 g/mol. The Kier molecular flexibility index (Phi) is 5.35. The van der Waals surface area contributed by atoms with Gasteiger partial charge in [0.25, 0.3) is 5.91 Å². The number of fused-ring (bicyclic) bond motifs is 1. The molecule has 0 spiro atoms. The van der Waals surface area contributed by atoms with Crippen molar-refractivity contribution in [3.05, 3.63) is 96.1 Å². The van der Waals surface area contributed by atoms with Crippen molar-refractivity contribution in [2.24, 2.45) is 4.99 Å². The molecule has 0 bridgehead atoms. The zero-order valence-electron chi connectivity index (χ0n) is 15.9. The number of carbonyl (C=O) groups excluding carboxylic acids is 1. The smallest absolute Gasteiger partial charge is 0.272 e. The second kappa shape index (κ2) is 8.24. The lowest BCUT2D eigenvalue weighted by atomic mass is 10.0. The van der Waals surface area contributed by atoms with Crippen LogP contribution in [0.25, 0.3) is 0 Å². The molecule has 1 amide bonds. The van der Waals surface area contributed by atoms with Gasteiger partial charge < -0.3 is 15.5 Å². The fourth-order valence-electron chi connectivity index (χ4n) is 3.26. The summed E-state index contributed by atoms with van der Waals surface area (Å²) in [6.07, 6.45) is -0.841. The molecule has 0 radical (unpaired) electrons. The van der Waals surface area contributed by atoms with Crippen LogP contribution in [0.2, 0.25) is 0 Å². The zero-order valence-corrected chi connectivity index (χ0v) is 16.7. The number of aliphatic imine (C=N–C) groups is 1. The number of anilines is 2. The van der Waals surface area contributed by atoms with Gasteiger partial charge in [-0.3, -0.25) is 4.79 Å². The van der Waals surface area contributed by atoms with Crippen LogP contribution in [0.1, 0.15) is 11.1 Å². The van der Waals surface area contributed by atoms with Gasteiger partial charge in [-0.15, -0.1) is 0 Å². The maximum Gasteiger partial charge on any atom is 0.272 e. The number of carbonyl (C=O) groups is 1. The van der Waals surface area contributed by atoms with Gasteiger partial charge in [0.1, 0.15) is 0 Å².